The molecule has 0 aromatic rings. The van der Waals surface area contributed by atoms with Gasteiger partial charge in [-0.1, -0.05) is 39.3 Å². The number of aliphatic carboxylic acids is 3. The van der Waals surface area contributed by atoms with Crippen molar-refractivity contribution in [3.63, 3.8) is 0 Å². The quantitative estimate of drug-likeness (QED) is 0.253. The van der Waals surface area contributed by atoms with Crippen molar-refractivity contribution in [1.82, 2.24) is 0 Å². The summed E-state index contributed by atoms with van der Waals surface area (Å²) in [5.41, 5.74) is 2.46. The van der Waals surface area contributed by atoms with Crippen LogP contribution in [0.25, 0.3) is 0 Å². The van der Waals surface area contributed by atoms with Crippen molar-refractivity contribution >= 4 is 17.9 Å². The molecule has 3 rings (SSSR count). The smallest absolute Gasteiger partial charge is 0.481 e. The number of hydrogen-bond donors (Lipinski definition) is 3. The molecule has 1 unspecified atom stereocenters. The summed E-state index contributed by atoms with van der Waals surface area (Å²) in [4.78, 5) is 31.0. The summed E-state index contributed by atoms with van der Waals surface area (Å²) >= 11 is 0. The van der Waals surface area contributed by atoms with Crippen LogP contribution < -0.4 is 0 Å². The largest absolute Gasteiger partial charge is 1.00 e. The van der Waals surface area contributed by atoms with E-state index in [-0.39, 0.29) is 2.85 Å². The highest BCUT2D eigenvalue weighted by Gasteiger charge is 2.27. The monoisotopic (exact) mass is 538 g/mol. The van der Waals surface area contributed by atoms with E-state index in [1.165, 1.54) is 63.4 Å². The fourth-order valence-electron chi connectivity index (χ4n) is 5.76. The minimum absolute atomic E-state index is 0. The van der Waals surface area contributed by atoms with Crippen LogP contribution in [0.15, 0.2) is 11.6 Å². The van der Waals surface area contributed by atoms with E-state index in [0.717, 1.165) is 32.1 Å². The Morgan fingerprint density at radius 1 is 0.684 bits per heavy atom. The molecule has 3 aliphatic carbocycles. The maximum absolute atomic E-state index is 10.4. The lowest BCUT2D eigenvalue weighted by atomic mass is 9.72. The van der Waals surface area contributed by atoms with Gasteiger partial charge in [-0.15, -0.1) is 0 Å². The van der Waals surface area contributed by atoms with Crippen LogP contribution in [0.5, 0.6) is 0 Å². The third-order valence-electron chi connectivity index (χ3n) is 8.96. The standard InChI is InChI=1S/2C11H20O2.C10H16O2/c2*1-11(2)7-5-9(6-8-11)3-4-10(12)13;1-8-2-4-9(5-3-8)6-7-10(11)12/h2*9H,3-8H2,1-2H3,(H,12,13);2,9H,3-7H2,1H3,(H,11,12)/p+2. The minimum Gasteiger partial charge on any atom is -0.481 e. The van der Waals surface area contributed by atoms with E-state index in [1.54, 1.807) is 0 Å². The van der Waals surface area contributed by atoms with E-state index < -0.39 is 17.9 Å². The number of rotatable bonds is 9. The molecule has 3 aliphatic rings. The molecule has 3 N–H and O–H groups in total. The van der Waals surface area contributed by atoms with Gasteiger partial charge in [0.05, 0.1) is 0 Å². The number of hydrogen-bond acceptors (Lipinski definition) is 3. The zero-order valence-electron chi connectivity index (χ0n) is 26.9. The summed E-state index contributed by atoms with van der Waals surface area (Å²) in [7, 11) is 0. The predicted octanol–water partition coefficient (Wildman–Crippen LogP) is 8.96. The predicted molar refractivity (Wildman–Crippen MR) is 155 cm³/mol. The van der Waals surface area contributed by atoms with Gasteiger partial charge < -0.3 is 15.3 Å². The molecule has 0 saturated heterocycles. The van der Waals surface area contributed by atoms with E-state index in [4.69, 9.17) is 15.3 Å². The first kappa shape index (κ1) is 34.2. The second-order valence-electron chi connectivity index (χ2n) is 13.7. The third kappa shape index (κ3) is 16.9. The lowest BCUT2D eigenvalue weighted by Gasteiger charge is -2.34. The van der Waals surface area contributed by atoms with Gasteiger partial charge in [-0.25, -0.2) is 0 Å². The van der Waals surface area contributed by atoms with Crippen LogP contribution >= 0.6 is 0 Å². The lowest BCUT2D eigenvalue weighted by molar-refractivity contribution is -0.138. The van der Waals surface area contributed by atoms with Crippen LogP contribution in [0.1, 0.15) is 147 Å². The highest BCUT2D eigenvalue weighted by molar-refractivity contribution is 5.67. The lowest BCUT2D eigenvalue weighted by Crippen LogP contribution is -2.21. The van der Waals surface area contributed by atoms with Crippen LogP contribution in [-0.4, -0.2) is 33.2 Å². The van der Waals surface area contributed by atoms with Crippen molar-refractivity contribution in [3.8, 4) is 0 Å². The molecule has 0 aromatic carbocycles. The molecular weight excluding hydrogens is 480 g/mol. The van der Waals surface area contributed by atoms with Crippen LogP contribution in [-0.2, 0) is 14.4 Å². The Morgan fingerprint density at radius 3 is 1.32 bits per heavy atom. The Kier molecular flexibility index (Phi) is 15.3. The molecule has 0 aliphatic heterocycles. The zero-order valence-corrected chi connectivity index (χ0v) is 24.9. The van der Waals surface area contributed by atoms with Gasteiger partial charge in [0.1, 0.15) is 0 Å². The van der Waals surface area contributed by atoms with Gasteiger partial charge in [-0.3, -0.25) is 14.4 Å². The average molecular weight is 539 g/mol. The summed E-state index contributed by atoms with van der Waals surface area (Å²) in [5.74, 6) is -0.00556. The molecule has 0 radical (unpaired) electrons. The molecule has 2 fully saturated rings. The molecule has 1 atom stereocenters. The van der Waals surface area contributed by atoms with Crippen molar-refractivity contribution < 1.29 is 32.6 Å². The molecular formula is C32H58O6+2. The number of carbonyl (C=O) groups is 3. The van der Waals surface area contributed by atoms with Crippen molar-refractivity contribution in [2.75, 3.05) is 0 Å². The first-order valence-corrected chi connectivity index (χ1v) is 15.0. The first-order chi connectivity index (χ1) is 17.7. The van der Waals surface area contributed by atoms with E-state index in [1.807, 2.05) is 0 Å². The van der Waals surface area contributed by atoms with E-state index >= 15 is 0 Å². The van der Waals surface area contributed by atoms with Crippen LogP contribution in [0, 0.1) is 28.6 Å². The molecule has 0 aromatic heterocycles. The summed E-state index contributed by atoms with van der Waals surface area (Å²) in [6.07, 6.45) is 19.2. The molecule has 0 bridgehead atoms. The Balaban J connectivity index is 0. The summed E-state index contributed by atoms with van der Waals surface area (Å²) in [6, 6.07) is 0. The van der Waals surface area contributed by atoms with Gasteiger partial charge in [0.25, 0.3) is 0 Å². The molecule has 0 amide bonds. The van der Waals surface area contributed by atoms with Crippen molar-refractivity contribution in [1.29, 1.82) is 0 Å². The van der Waals surface area contributed by atoms with Gasteiger partial charge in [0.15, 0.2) is 0 Å². The SMILES string of the molecule is CC1(C)CCC(CCC(=O)O)CC1.CC1(C)CCC(CCC(=O)O)CC1.CC1=CCC(CCC(=O)O)CC1.[H+].[H+]. The number of carboxylic acid groups (broad SMARTS) is 3. The van der Waals surface area contributed by atoms with E-state index in [2.05, 4.69) is 40.7 Å². The zero-order chi connectivity index (χ0) is 28.8. The second kappa shape index (κ2) is 17.0. The summed E-state index contributed by atoms with van der Waals surface area (Å²) in [5, 5.41) is 25.6. The Morgan fingerprint density at radius 2 is 1.03 bits per heavy atom. The fourth-order valence-corrected chi connectivity index (χ4v) is 5.76. The Labute approximate surface area is 234 Å². The van der Waals surface area contributed by atoms with E-state index in [9.17, 15) is 14.4 Å². The molecule has 0 spiro atoms. The van der Waals surface area contributed by atoms with Crippen LogP contribution in [0.2, 0.25) is 0 Å². The van der Waals surface area contributed by atoms with Crippen molar-refractivity contribution in [3.05, 3.63) is 11.6 Å². The first-order valence-electron chi connectivity index (χ1n) is 15.0. The third-order valence-corrected chi connectivity index (χ3v) is 8.96. The van der Waals surface area contributed by atoms with Gasteiger partial charge in [-0.2, -0.15) is 0 Å². The van der Waals surface area contributed by atoms with Gasteiger partial charge >= 0.3 is 20.8 Å². The van der Waals surface area contributed by atoms with Gasteiger partial charge in [0.2, 0.25) is 0 Å². The molecule has 0 heterocycles. The Bertz CT molecular complexity index is 715. The number of allylic oxidation sites excluding steroid dienone is 2. The van der Waals surface area contributed by atoms with Gasteiger partial charge in [0, 0.05) is 19.3 Å². The second-order valence-corrected chi connectivity index (χ2v) is 13.7. The molecule has 6 nitrogen and oxygen atoms in total. The maximum Gasteiger partial charge on any atom is 1.00 e. The van der Waals surface area contributed by atoms with Gasteiger partial charge in [-0.05, 0) is 125 Å². The Hall–Kier alpha value is -1.85. The summed E-state index contributed by atoms with van der Waals surface area (Å²) in [6.45, 7) is 11.4. The molecule has 220 valence electrons. The average Bonchev–Trinajstić information content (AvgIpc) is 2.83. The highest BCUT2D eigenvalue weighted by atomic mass is 16.4. The fraction of sp³-hybridized carbons (Fsp3) is 0.844. The van der Waals surface area contributed by atoms with Crippen LogP contribution in [0.3, 0.4) is 0 Å². The molecule has 2 saturated carbocycles. The highest BCUT2D eigenvalue weighted by Crippen LogP contribution is 2.40. The molecule has 38 heavy (non-hydrogen) atoms. The minimum atomic E-state index is -0.665. The van der Waals surface area contributed by atoms with Crippen LogP contribution in [0.4, 0.5) is 0 Å². The topological polar surface area (TPSA) is 112 Å². The maximum atomic E-state index is 10.4. The van der Waals surface area contributed by atoms with Crippen molar-refractivity contribution in [2.45, 2.75) is 144 Å². The number of carboxylic acids is 3. The molecule has 6 heteroatoms. The summed E-state index contributed by atoms with van der Waals surface area (Å²) < 4.78 is 0. The van der Waals surface area contributed by atoms with E-state index in [0.29, 0.717) is 47.8 Å². The normalized spacial score (nSPS) is 23.1. The van der Waals surface area contributed by atoms with Crippen molar-refractivity contribution in [2.24, 2.45) is 28.6 Å².